The first-order chi connectivity index (χ1) is 13.2. The van der Waals surface area contributed by atoms with Gasteiger partial charge in [0.15, 0.2) is 0 Å². The van der Waals surface area contributed by atoms with Crippen LogP contribution >= 0.6 is 0 Å². The van der Waals surface area contributed by atoms with Crippen molar-refractivity contribution in [2.75, 3.05) is 0 Å². The molecule has 3 heteroatoms. The molecular formula is C25H38O3. The predicted molar refractivity (Wildman–Crippen MR) is 116 cm³/mol. The van der Waals surface area contributed by atoms with E-state index in [1.807, 2.05) is 0 Å². The largest absolute Gasteiger partial charge is 0.429 e. The molecule has 0 spiro atoms. The molecule has 0 radical (unpaired) electrons. The highest BCUT2D eigenvalue weighted by atomic mass is 16.6. The van der Waals surface area contributed by atoms with Gasteiger partial charge in [-0.15, -0.1) is 0 Å². The summed E-state index contributed by atoms with van der Waals surface area (Å²) in [5.74, 6) is -0.439. The minimum absolute atomic E-state index is 0.375. The Morgan fingerprint density at radius 3 is 2.50 bits per heavy atom. The summed E-state index contributed by atoms with van der Waals surface area (Å²) in [6, 6.07) is 0. The average Bonchev–Trinajstić information content (AvgIpc) is 2.91. The van der Waals surface area contributed by atoms with Crippen molar-refractivity contribution in [3.63, 3.8) is 0 Å². The van der Waals surface area contributed by atoms with Gasteiger partial charge in [-0.3, -0.25) is 0 Å². The zero-order chi connectivity index (χ0) is 20.7. The third-order valence-corrected chi connectivity index (χ3v) is 6.26. The van der Waals surface area contributed by atoms with Gasteiger partial charge in [0.1, 0.15) is 0 Å². The number of rotatable bonds is 9. The highest BCUT2D eigenvalue weighted by molar-refractivity contribution is 5.85. The molecule has 1 atom stereocenters. The Labute approximate surface area is 171 Å². The zero-order valence-electron chi connectivity index (χ0n) is 18.4. The number of allylic oxidation sites excluding steroid dienone is 6. The molecule has 0 saturated carbocycles. The fraction of sp³-hybridized carbons (Fsp3) is 0.640. The van der Waals surface area contributed by atoms with Crippen molar-refractivity contribution >= 4 is 5.97 Å². The maximum absolute atomic E-state index is 11.1. The van der Waals surface area contributed by atoms with Gasteiger partial charge in [0, 0.05) is 11.6 Å². The highest BCUT2D eigenvalue weighted by Gasteiger charge is 2.27. The van der Waals surface area contributed by atoms with Crippen LogP contribution in [0.3, 0.4) is 0 Å². The van der Waals surface area contributed by atoms with Gasteiger partial charge in [-0.1, -0.05) is 48.3 Å². The van der Waals surface area contributed by atoms with Crippen LogP contribution in [0.25, 0.3) is 0 Å². The second-order valence-electron chi connectivity index (χ2n) is 9.18. The molecule has 28 heavy (non-hydrogen) atoms. The summed E-state index contributed by atoms with van der Waals surface area (Å²) in [6.45, 7) is 11.5. The van der Waals surface area contributed by atoms with Gasteiger partial charge in [0.05, 0.1) is 0 Å². The first-order valence-electron chi connectivity index (χ1n) is 10.8. The van der Waals surface area contributed by atoms with E-state index in [0.717, 1.165) is 19.3 Å². The minimum Gasteiger partial charge on any atom is -0.429 e. The van der Waals surface area contributed by atoms with Gasteiger partial charge < -0.3 is 9.84 Å². The molecule has 156 valence electrons. The van der Waals surface area contributed by atoms with E-state index in [-0.39, 0.29) is 0 Å². The maximum atomic E-state index is 11.1. The van der Waals surface area contributed by atoms with Crippen molar-refractivity contribution in [3.8, 4) is 0 Å². The van der Waals surface area contributed by atoms with Crippen LogP contribution in [0.2, 0.25) is 0 Å². The number of aliphatic hydroxyl groups excluding tert-OH is 1. The van der Waals surface area contributed by atoms with E-state index < -0.39 is 12.3 Å². The van der Waals surface area contributed by atoms with Gasteiger partial charge in [-0.05, 0) is 84.0 Å². The summed E-state index contributed by atoms with van der Waals surface area (Å²) in [5.41, 5.74) is 7.21. The van der Waals surface area contributed by atoms with Crippen molar-refractivity contribution in [1.82, 2.24) is 0 Å². The van der Waals surface area contributed by atoms with Crippen molar-refractivity contribution in [2.24, 2.45) is 5.41 Å². The van der Waals surface area contributed by atoms with Crippen molar-refractivity contribution < 1.29 is 14.6 Å². The second kappa shape index (κ2) is 10.2. The summed E-state index contributed by atoms with van der Waals surface area (Å²) in [5, 5.41) is 9.58. The Morgan fingerprint density at radius 2 is 1.86 bits per heavy atom. The predicted octanol–water partition coefficient (Wildman–Crippen LogP) is 6.55. The van der Waals surface area contributed by atoms with E-state index in [9.17, 15) is 9.90 Å². The molecule has 1 aliphatic carbocycles. The molecule has 0 aromatic carbocycles. The third kappa shape index (κ3) is 6.77. The van der Waals surface area contributed by atoms with Crippen molar-refractivity contribution in [3.05, 3.63) is 46.1 Å². The molecule has 0 aromatic rings. The minimum atomic E-state index is -1.04. The molecular weight excluding hydrogens is 348 g/mol. The lowest BCUT2D eigenvalue weighted by molar-refractivity contribution is -0.151. The first-order valence-corrected chi connectivity index (χ1v) is 10.8. The number of carbonyl (C=O) groups is 1. The Morgan fingerprint density at radius 1 is 1.18 bits per heavy atom. The molecule has 2 aliphatic rings. The zero-order valence-corrected chi connectivity index (χ0v) is 18.4. The third-order valence-electron chi connectivity index (χ3n) is 6.26. The highest BCUT2D eigenvalue weighted by Crippen LogP contribution is 2.42. The van der Waals surface area contributed by atoms with Crippen LogP contribution in [0.1, 0.15) is 92.4 Å². The molecule has 2 rings (SSSR count). The number of ether oxygens (including phenoxy) is 1. The maximum Gasteiger partial charge on any atom is 0.333 e. The van der Waals surface area contributed by atoms with Gasteiger partial charge in [-0.25, -0.2) is 4.79 Å². The van der Waals surface area contributed by atoms with Gasteiger partial charge in [0.2, 0.25) is 6.29 Å². The van der Waals surface area contributed by atoms with Crippen molar-refractivity contribution in [2.45, 2.75) is 98.7 Å². The first kappa shape index (κ1) is 22.7. The molecule has 1 unspecified atom stereocenters. The Hall–Kier alpha value is -1.61. The summed E-state index contributed by atoms with van der Waals surface area (Å²) >= 11 is 0. The lowest BCUT2D eigenvalue weighted by Crippen LogP contribution is -2.20. The van der Waals surface area contributed by atoms with E-state index >= 15 is 0 Å². The topological polar surface area (TPSA) is 46.5 Å². The van der Waals surface area contributed by atoms with E-state index in [0.29, 0.717) is 17.4 Å². The van der Waals surface area contributed by atoms with E-state index in [2.05, 4.69) is 46.8 Å². The summed E-state index contributed by atoms with van der Waals surface area (Å²) in [7, 11) is 0. The molecule has 1 aliphatic heterocycles. The van der Waals surface area contributed by atoms with Gasteiger partial charge in [0.25, 0.3) is 0 Å². The van der Waals surface area contributed by atoms with Gasteiger partial charge >= 0.3 is 5.97 Å². The molecule has 0 aromatic heterocycles. The summed E-state index contributed by atoms with van der Waals surface area (Å²) in [6.07, 6.45) is 14.9. The number of esters is 1. The monoisotopic (exact) mass is 386 g/mol. The Balaban J connectivity index is 1.72. The smallest absolute Gasteiger partial charge is 0.333 e. The lowest BCUT2D eigenvalue weighted by Gasteiger charge is -2.35. The van der Waals surface area contributed by atoms with Crippen molar-refractivity contribution in [1.29, 1.82) is 0 Å². The number of carbonyl (C=O) groups excluding carboxylic acids is 1. The fourth-order valence-corrected chi connectivity index (χ4v) is 4.42. The second-order valence-corrected chi connectivity index (χ2v) is 9.18. The molecule has 1 N–H and O–H groups in total. The van der Waals surface area contributed by atoms with Crippen LogP contribution in [0, 0.1) is 5.41 Å². The van der Waals surface area contributed by atoms with Crippen LogP contribution < -0.4 is 0 Å². The number of hydrogen-bond donors (Lipinski definition) is 1. The molecule has 3 nitrogen and oxygen atoms in total. The Kier molecular flexibility index (Phi) is 8.30. The van der Waals surface area contributed by atoms with Crippen LogP contribution in [0.5, 0.6) is 0 Å². The van der Waals surface area contributed by atoms with Crippen LogP contribution in [-0.4, -0.2) is 17.4 Å². The normalized spacial score (nSPS) is 23.1. The lowest BCUT2D eigenvalue weighted by atomic mass is 9.71. The van der Waals surface area contributed by atoms with Crippen LogP contribution in [0.15, 0.2) is 46.1 Å². The summed E-state index contributed by atoms with van der Waals surface area (Å²) < 4.78 is 4.70. The standard InChI is InChI=1S/C25H38O3/c1-18(11-7-13-21-17-23(26)28-24(21)27)9-6-10-19(2)14-15-22-20(3)12-8-16-25(22,4)5/h10-11,17,24,27H,6-9,12-16H2,1-5H3/b18-11-,19-10+. The van der Waals surface area contributed by atoms with E-state index in [1.54, 1.807) is 11.1 Å². The summed E-state index contributed by atoms with van der Waals surface area (Å²) in [4.78, 5) is 11.1. The molecule has 0 bridgehead atoms. The quantitative estimate of drug-likeness (QED) is 0.361. The van der Waals surface area contributed by atoms with Crippen LogP contribution in [0.4, 0.5) is 0 Å². The van der Waals surface area contributed by atoms with E-state index in [4.69, 9.17) is 4.74 Å². The van der Waals surface area contributed by atoms with Gasteiger partial charge in [-0.2, -0.15) is 0 Å². The molecule has 0 amide bonds. The molecule has 1 heterocycles. The fourth-order valence-electron chi connectivity index (χ4n) is 4.42. The Bertz CT molecular complexity index is 689. The number of aliphatic hydroxyl groups is 1. The molecule has 0 fully saturated rings. The molecule has 0 saturated heterocycles. The number of cyclic esters (lactones) is 1. The van der Waals surface area contributed by atoms with E-state index in [1.165, 1.54) is 49.3 Å². The average molecular weight is 387 g/mol. The number of hydrogen-bond acceptors (Lipinski definition) is 3. The van der Waals surface area contributed by atoms with Crippen LogP contribution in [-0.2, 0) is 9.53 Å². The SMILES string of the molecule is CC1=C(CC/C(C)=C/CC/C(C)=C\CCC2=CC(=O)OC2O)C(C)(C)CCC1.